The SMILES string of the molecule is COc1ccc(OC)c(S(=O)(=O)NCCc2cc3c(C)cc(C)cc3[nH]c2=O)c1. The van der Waals surface area contributed by atoms with Crippen LogP contribution in [0.5, 0.6) is 11.5 Å². The first-order valence-electron chi connectivity index (χ1n) is 9.10. The van der Waals surface area contributed by atoms with Gasteiger partial charge in [-0.2, -0.15) is 0 Å². The second-order valence-electron chi connectivity index (χ2n) is 6.83. The average molecular weight is 416 g/mol. The monoisotopic (exact) mass is 416 g/mol. The lowest BCUT2D eigenvalue weighted by Gasteiger charge is -2.12. The molecule has 0 spiro atoms. The van der Waals surface area contributed by atoms with E-state index in [9.17, 15) is 13.2 Å². The summed E-state index contributed by atoms with van der Waals surface area (Å²) in [6, 6.07) is 10.3. The number of aromatic nitrogens is 1. The Balaban J connectivity index is 1.82. The van der Waals surface area contributed by atoms with Crippen molar-refractivity contribution in [1.82, 2.24) is 9.71 Å². The molecule has 0 atom stereocenters. The van der Waals surface area contributed by atoms with Crippen molar-refractivity contribution in [2.24, 2.45) is 0 Å². The van der Waals surface area contributed by atoms with Crippen LogP contribution in [0.3, 0.4) is 0 Å². The molecule has 1 heterocycles. The number of aromatic amines is 1. The third-order valence-corrected chi connectivity index (χ3v) is 6.22. The Morgan fingerprint density at radius 1 is 1.03 bits per heavy atom. The Hall–Kier alpha value is -2.84. The Morgan fingerprint density at radius 2 is 1.79 bits per heavy atom. The van der Waals surface area contributed by atoms with Crippen molar-refractivity contribution in [2.75, 3.05) is 20.8 Å². The summed E-state index contributed by atoms with van der Waals surface area (Å²) >= 11 is 0. The van der Waals surface area contributed by atoms with Crippen LogP contribution in [0.15, 0.2) is 46.1 Å². The van der Waals surface area contributed by atoms with E-state index in [1.807, 2.05) is 32.0 Å². The minimum absolute atomic E-state index is 0.0157. The zero-order chi connectivity index (χ0) is 21.2. The van der Waals surface area contributed by atoms with E-state index >= 15 is 0 Å². The number of ether oxygens (including phenoxy) is 2. The normalized spacial score (nSPS) is 11.6. The molecular formula is C21H24N2O5S. The van der Waals surface area contributed by atoms with Gasteiger partial charge in [-0.25, -0.2) is 13.1 Å². The zero-order valence-corrected chi connectivity index (χ0v) is 17.6. The lowest BCUT2D eigenvalue weighted by Crippen LogP contribution is -2.28. The summed E-state index contributed by atoms with van der Waals surface area (Å²) in [7, 11) is -0.980. The van der Waals surface area contributed by atoms with E-state index in [1.165, 1.54) is 26.4 Å². The maximum Gasteiger partial charge on any atom is 0.251 e. The summed E-state index contributed by atoms with van der Waals surface area (Å²) in [5.41, 5.74) is 3.20. The Labute approximate surface area is 169 Å². The number of H-pyrrole nitrogens is 1. The first-order chi connectivity index (χ1) is 13.7. The maximum atomic E-state index is 12.7. The van der Waals surface area contributed by atoms with Crippen LogP contribution in [-0.2, 0) is 16.4 Å². The molecule has 0 radical (unpaired) electrons. The molecule has 0 aliphatic heterocycles. The van der Waals surface area contributed by atoms with Gasteiger partial charge < -0.3 is 14.5 Å². The number of aryl methyl sites for hydroxylation is 2. The van der Waals surface area contributed by atoms with Crippen molar-refractivity contribution in [3.8, 4) is 11.5 Å². The van der Waals surface area contributed by atoms with Gasteiger partial charge in [0.15, 0.2) is 0 Å². The highest BCUT2D eigenvalue weighted by Crippen LogP contribution is 2.28. The summed E-state index contributed by atoms with van der Waals surface area (Å²) in [5.74, 6) is 0.621. The van der Waals surface area contributed by atoms with Crippen LogP contribution in [0.2, 0.25) is 0 Å². The smallest absolute Gasteiger partial charge is 0.251 e. The van der Waals surface area contributed by atoms with E-state index in [0.29, 0.717) is 11.3 Å². The molecule has 0 saturated carbocycles. The Morgan fingerprint density at radius 3 is 2.48 bits per heavy atom. The Bertz CT molecular complexity index is 1220. The van der Waals surface area contributed by atoms with Crippen molar-refractivity contribution >= 4 is 20.9 Å². The fourth-order valence-electron chi connectivity index (χ4n) is 3.29. The molecule has 8 heteroatoms. The summed E-state index contributed by atoms with van der Waals surface area (Å²) in [6.45, 7) is 4.03. The molecule has 2 N–H and O–H groups in total. The second kappa shape index (κ2) is 8.26. The molecule has 0 saturated heterocycles. The summed E-state index contributed by atoms with van der Waals surface area (Å²) in [5, 5.41) is 0.947. The summed E-state index contributed by atoms with van der Waals surface area (Å²) in [4.78, 5) is 15.3. The predicted molar refractivity (Wildman–Crippen MR) is 112 cm³/mol. The number of hydrogen-bond acceptors (Lipinski definition) is 5. The van der Waals surface area contributed by atoms with E-state index in [2.05, 4.69) is 9.71 Å². The highest BCUT2D eigenvalue weighted by molar-refractivity contribution is 7.89. The number of fused-ring (bicyclic) bond motifs is 1. The molecule has 0 bridgehead atoms. The van der Waals surface area contributed by atoms with Crippen molar-refractivity contribution in [3.63, 3.8) is 0 Å². The number of pyridine rings is 1. The van der Waals surface area contributed by atoms with Gasteiger partial charge in [-0.1, -0.05) is 6.07 Å². The van der Waals surface area contributed by atoms with E-state index in [1.54, 1.807) is 6.07 Å². The van der Waals surface area contributed by atoms with Gasteiger partial charge in [-0.3, -0.25) is 4.79 Å². The van der Waals surface area contributed by atoms with Gasteiger partial charge in [0, 0.05) is 29.1 Å². The van der Waals surface area contributed by atoms with Crippen LogP contribution in [0, 0.1) is 13.8 Å². The molecule has 3 rings (SSSR count). The average Bonchev–Trinajstić information content (AvgIpc) is 2.68. The molecule has 0 aliphatic carbocycles. The molecule has 0 fully saturated rings. The van der Waals surface area contributed by atoms with Gasteiger partial charge >= 0.3 is 0 Å². The van der Waals surface area contributed by atoms with Gasteiger partial charge in [0.1, 0.15) is 16.4 Å². The number of hydrogen-bond donors (Lipinski definition) is 2. The number of nitrogens with one attached hydrogen (secondary N) is 2. The molecule has 1 aromatic heterocycles. The Kier molecular flexibility index (Phi) is 5.95. The lowest BCUT2D eigenvalue weighted by atomic mass is 10.0. The number of benzene rings is 2. The highest BCUT2D eigenvalue weighted by Gasteiger charge is 2.20. The quantitative estimate of drug-likeness (QED) is 0.617. The van der Waals surface area contributed by atoms with E-state index < -0.39 is 10.0 Å². The minimum atomic E-state index is -3.84. The largest absolute Gasteiger partial charge is 0.497 e. The fraction of sp³-hybridized carbons (Fsp3) is 0.286. The van der Waals surface area contributed by atoms with Crippen molar-refractivity contribution in [1.29, 1.82) is 0 Å². The van der Waals surface area contributed by atoms with Crippen LogP contribution in [-0.4, -0.2) is 34.2 Å². The van der Waals surface area contributed by atoms with Crippen molar-refractivity contribution < 1.29 is 17.9 Å². The third-order valence-electron chi connectivity index (χ3n) is 4.74. The molecular weight excluding hydrogens is 392 g/mol. The molecule has 29 heavy (non-hydrogen) atoms. The van der Waals surface area contributed by atoms with Gasteiger partial charge in [0.2, 0.25) is 10.0 Å². The molecule has 154 valence electrons. The first kappa shape index (κ1) is 20.9. The van der Waals surface area contributed by atoms with Gasteiger partial charge in [0.05, 0.1) is 14.2 Å². The predicted octanol–water partition coefficient (Wildman–Crippen LogP) is 2.68. The third kappa shape index (κ3) is 4.44. The van der Waals surface area contributed by atoms with Crippen molar-refractivity contribution in [3.05, 3.63) is 63.4 Å². The molecule has 0 amide bonds. The van der Waals surface area contributed by atoms with Crippen molar-refractivity contribution in [2.45, 2.75) is 25.2 Å². The summed E-state index contributed by atoms with van der Waals surface area (Å²) < 4.78 is 38.2. The molecule has 0 unspecified atom stereocenters. The van der Waals surface area contributed by atoms with Crippen LogP contribution in [0.1, 0.15) is 16.7 Å². The van der Waals surface area contributed by atoms with Crippen LogP contribution >= 0.6 is 0 Å². The maximum absolute atomic E-state index is 12.7. The van der Waals surface area contributed by atoms with E-state index in [4.69, 9.17) is 9.47 Å². The lowest BCUT2D eigenvalue weighted by molar-refractivity contribution is 0.392. The fourth-order valence-corrected chi connectivity index (χ4v) is 4.51. The molecule has 2 aromatic carbocycles. The minimum Gasteiger partial charge on any atom is -0.497 e. The zero-order valence-electron chi connectivity index (χ0n) is 16.8. The van der Waals surface area contributed by atoms with Gasteiger partial charge in [-0.05, 0) is 55.7 Å². The molecule has 7 nitrogen and oxygen atoms in total. The number of rotatable bonds is 7. The summed E-state index contributed by atoms with van der Waals surface area (Å²) in [6.07, 6.45) is 0.254. The van der Waals surface area contributed by atoms with Crippen LogP contribution in [0.4, 0.5) is 0 Å². The van der Waals surface area contributed by atoms with E-state index in [0.717, 1.165) is 22.0 Å². The van der Waals surface area contributed by atoms with Gasteiger partial charge in [-0.15, -0.1) is 0 Å². The topological polar surface area (TPSA) is 97.5 Å². The first-order valence-corrected chi connectivity index (χ1v) is 10.6. The molecule has 0 aliphatic rings. The van der Waals surface area contributed by atoms with E-state index in [-0.39, 0.29) is 29.2 Å². The van der Waals surface area contributed by atoms with Crippen LogP contribution in [0.25, 0.3) is 10.9 Å². The molecule has 3 aromatic rings. The highest BCUT2D eigenvalue weighted by atomic mass is 32.2. The van der Waals surface area contributed by atoms with Crippen LogP contribution < -0.4 is 19.8 Å². The standard InChI is InChI=1S/C21H24N2O5S/c1-13-9-14(2)17-11-15(21(24)23-18(17)10-13)7-8-22-29(25,26)20-12-16(27-3)5-6-19(20)28-4/h5-6,9-12,22H,7-8H2,1-4H3,(H,23,24). The van der Waals surface area contributed by atoms with Gasteiger partial charge in [0.25, 0.3) is 5.56 Å². The second-order valence-corrected chi connectivity index (χ2v) is 8.57. The number of sulfonamides is 1. The number of methoxy groups -OCH3 is 2.